The minimum absolute atomic E-state index is 0.0629. The lowest BCUT2D eigenvalue weighted by Crippen LogP contribution is -2.28. The third-order valence-electron chi connectivity index (χ3n) is 5.94. The molecule has 0 bridgehead atoms. The number of ether oxygens (including phenoxy) is 1. The lowest BCUT2D eigenvalue weighted by molar-refractivity contribution is -0.130. The highest BCUT2D eigenvalue weighted by molar-refractivity contribution is 5.76. The van der Waals surface area contributed by atoms with Crippen LogP contribution in [0.2, 0.25) is 0 Å². The summed E-state index contributed by atoms with van der Waals surface area (Å²) in [5.41, 5.74) is 3.47. The molecule has 1 aliphatic heterocycles. The van der Waals surface area contributed by atoms with Crippen molar-refractivity contribution < 1.29 is 9.53 Å². The van der Waals surface area contributed by atoms with Crippen molar-refractivity contribution in [1.82, 2.24) is 19.9 Å². The molecule has 0 aliphatic carbocycles. The average Bonchev–Trinajstić information content (AvgIpc) is 3.30. The molecule has 2 aromatic heterocycles. The first-order valence-electron chi connectivity index (χ1n) is 11.0. The quantitative estimate of drug-likeness (QED) is 0.617. The Bertz CT molecular complexity index is 1140. The summed E-state index contributed by atoms with van der Waals surface area (Å²) in [4.78, 5) is 38.5. The fourth-order valence-electron chi connectivity index (χ4n) is 4.24. The highest BCUT2D eigenvalue weighted by Gasteiger charge is 2.28. The molecule has 1 aromatic carbocycles. The van der Waals surface area contributed by atoms with Gasteiger partial charge in [-0.3, -0.25) is 14.6 Å². The smallest absolute Gasteiger partial charge is 0.251 e. The molecule has 166 valence electrons. The molecule has 1 saturated heterocycles. The molecule has 1 amide bonds. The molecule has 1 aliphatic rings. The summed E-state index contributed by atoms with van der Waals surface area (Å²) in [5.74, 6) is 1.57. The van der Waals surface area contributed by atoms with E-state index in [4.69, 9.17) is 4.74 Å². The fourth-order valence-corrected chi connectivity index (χ4v) is 4.24. The molecular weight excluding hydrogens is 404 g/mol. The van der Waals surface area contributed by atoms with E-state index in [2.05, 4.69) is 27.1 Å². The molecule has 7 nitrogen and oxygen atoms in total. The van der Waals surface area contributed by atoms with Crippen LogP contribution in [-0.2, 0) is 11.2 Å². The van der Waals surface area contributed by atoms with Crippen LogP contribution in [0.3, 0.4) is 0 Å². The van der Waals surface area contributed by atoms with Crippen LogP contribution in [-0.4, -0.2) is 46.0 Å². The SMILES string of the molecule is COc1ccc(CCCC(=O)N2CCC(c3cc(=O)[nH]c(-c4ccccn4)n3)C2)cc1C. The minimum Gasteiger partial charge on any atom is -0.496 e. The van der Waals surface area contributed by atoms with Gasteiger partial charge in [0.05, 0.1) is 12.8 Å². The van der Waals surface area contributed by atoms with E-state index in [0.29, 0.717) is 31.0 Å². The van der Waals surface area contributed by atoms with Crippen molar-refractivity contribution in [3.8, 4) is 17.3 Å². The predicted molar refractivity (Wildman–Crippen MR) is 123 cm³/mol. The largest absolute Gasteiger partial charge is 0.496 e. The first kappa shape index (κ1) is 21.7. The van der Waals surface area contributed by atoms with E-state index >= 15 is 0 Å². The monoisotopic (exact) mass is 432 g/mol. The van der Waals surface area contributed by atoms with Crippen LogP contribution in [0.1, 0.15) is 42.0 Å². The van der Waals surface area contributed by atoms with Gasteiger partial charge in [-0.05, 0) is 55.5 Å². The Balaban J connectivity index is 1.34. The third kappa shape index (κ3) is 5.04. The topological polar surface area (TPSA) is 88.2 Å². The number of H-pyrrole nitrogens is 1. The Hall–Kier alpha value is -3.48. The molecule has 3 aromatic rings. The summed E-state index contributed by atoms with van der Waals surface area (Å²) in [5, 5.41) is 0. The number of aryl methyl sites for hydroxylation is 2. The Morgan fingerprint density at radius 1 is 1.25 bits per heavy atom. The van der Waals surface area contributed by atoms with Crippen LogP contribution < -0.4 is 10.3 Å². The zero-order valence-corrected chi connectivity index (χ0v) is 18.5. The molecule has 32 heavy (non-hydrogen) atoms. The first-order chi connectivity index (χ1) is 15.5. The van der Waals surface area contributed by atoms with Crippen molar-refractivity contribution in [1.29, 1.82) is 0 Å². The number of aromatic nitrogens is 3. The Morgan fingerprint density at radius 2 is 2.12 bits per heavy atom. The standard InChI is InChI=1S/C25H28N4O3/c1-17-14-18(9-10-22(17)32-2)6-5-8-24(31)29-13-11-19(16-29)21-15-23(30)28-25(27-21)20-7-3-4-12-26-20/h3-4,7,9-10,12,14-15,19H,5-6,8,11,13,16H2,1-2H3,(H,27,28,30). The number of methoxy groups -OCH3 is 1. The summed E-state index contributed by atoms with van der Waals surface area (Å²) < 4.78 is 5.31. The van der Waals surface area contributed by atoms with Crippen LogP contribution in [0.15, 0.2) is 53.5 Å². The van der Waals surface area contributed by atoms with Crippen molar-refractivity contribution in [3.63, 3.8) is 0 Å². The lowest BCUT2D eigenvalue weighted by atomic mass is 10.0. The predicted octanol–water partition coefficient (Wildman–Crippen LogP) is 3.49. The molecule has 4 rings (SSSR count). The number of hydrogen-bond acceptors (Lipinski definition) is 5. The van der Waals surface area contributed by atoms with Gasteiger partial charge in [0, 0.05) is 37.7 Å². The molecule has 1 atom stereocenters. The van der Waals surface area contributed by atoms with Crippen molar-refractivity contribution in [2.75, 3.05) is 20.2 Å². The minimum atomic E-state index is -0.199. The van der Waals surface area contributed by atoms with E-state index in [1.54, 1.807) is 13.3 Å². The molecule has 0 radical (unpaired) electrons. The highest BCUT2D eigenvalue weighted by Crippen LogP contribution is 2.27. The number of carbonyl (C=O) groups is 1. The van der Waals surface area contributed by atoms with Crippen LogP contribution in [0.5, 0.6) is 5.75 Å². The second kappa shape index (κ2) is 9.77. The number of carbonyl (C=O) groups excluding carboxylic acids is 1. The zero-order chi connectivity index (χ0) is 22.5. The van der Waals surface area contributed by atoms with Gasteiger partial charge in [0.1, 0.15) is 11.4 Å². The first-order valence-corrected chi connectivity index (χ1v) is 11.0. The van der Waals surface area contributed by atoms with Crippen molar-refractivity contribution in [3.05, 3.63) is 75.8 Å². The van der Waals surface area contributed by atoms with E-state index in [0.717, 1.165) is 36.3 Å². The molecule has 1 fully saturated rings. The highest BCUT2D eigenvalue weighted by atomic mass is 16.5. The van der Waals surface area contributed by atoms with E-state index in [1.165, 1.54) is 11.6 Å². The van der Waals surface area contributed by atoms with Gasteiger partial charge in [0.2, 0.25) is 5.91 Å². The summed E-state index contributed by atoms with van der Waals surface area (Å²) in [7, 11) is 1.67. The third-order valence-corrected chi connectivity index (χ3v) is 5.94. The van der Waals surface area contributed by atoms with E-state index < -0.39 is 0 Å². The molecule has 0 saturated carbocycles. The van der Waals surface area contributed by atoms with Crippen LogP contribution in [0, 0.1) is 6.92 Å². The van der Waals surface area contributed by atoms with Crippen molar-refractivity contribution in [2.24, 2.45) is 0 Å². The van der Waals surface area contributed by atoms with Gasteiger partial charge in [-0.1, -0.05) is 18.2 Å². The van der Waals surface area contributed by atoms with E-state index in [-0.39, 0.29) is 17.4 Å². The van der Waals surface area contributed by atoms with Gasteiger partial charge in [0.15, 0.2) is 5.82 Å². The molecular formula is C25H28N4O3. The van der Waals surface area contributed by atoms with Crippen LogP contribution in [0.25, 0.3) is 11.5 Å². The van der Waals surface area contributed by atoms with E-state index in [9.17, 15) is 9.59 Å². The molecule has 0 spiro atoms. The van der Waals surface area contributed by atoms with Gasteiger partial charge in [-0.15, -0.1) is 0 Å². The number of nitrogens with one attached hydrogen (secondary N) is 1. The number of hydrogen-bond donors (Lipinski definition) is 1. The van der Waals surface area contributed by atoms with Gasteiger partial charge in [-0.25, -0.2) is 4.98 Å². The zero-order valence-electron chi connectivity index (χ0n) is 18.5. The fraction of sp³-hybridized carbons (Fsp3) is 0.360. The molecule has 3 heterocycles. The maximum atomic E-state index is 12.7. The van der Waals surface area contributed by atoms with Crippen LogP contribution >= 0.6 is 0 Å². The molecule has 7 heteroatoms. The number of likely N-dealkylation sites (tertiary alicyclic amines) is 1. The Morgan fingerprint density at radius 3 is 2.88 bits per heavy atom. The summed E-state index contributed by atoms with van der Waals surface area (Å²) >= 11 is 0. The number of nitrogens with zero attached hydrogens (tertiary/aromatic N) is 3. The average molecular weight is 433 g/mol. The maximum Gasteiger partial charge on any atom is 0.251 e. The van der Waals surface area contributed by atoms with Crippen molar-refractivity contribution in [2.45, 2.75) is 38.5 Å². The second-order valence-electron chi connectivity index (χ2n) is 8.22. The van der Waals surface area contributed by atoms with Gasteiger partial charge >= 0.3 is 0 Å². The van der Waals surface area contributed by atoms with Crippen molar-refractivity contribution >= 4 is 5.91 Å². The van der Waals surface area contributed by atoms with Crippen LogP contribution in [0.4, 0.5) is 0 Å². The number of pyridine rings is 1. The normalized spacial score (nSPS) is 15.7. The van der Waals surface area contributed by atoms with Gasteiger partial charge in [0.25, 0.3) is 5.56 Å². The van der Waals surface area contributed by atoms with E-state index in [1.807, 2.05) is 36.1 Å². The number of benzene rings is 1. The molecule has 1 unspecified atom stereocenters. The number of rotatable bonds is 7. The van der Waals surface area contributed by atoms with Gasteiger partial charge in [-0.2, -0.15) is 0 Å². The second-order valence-corrected chi connectivity index (χ2v) is 8.22. The number of aromatic amines is 1. The number of amides is 1. The van der Waals surface area contributed by atoms with Gasteiger partial charge < -0.3 is 14.6 Å². The molecule has 1 N–H and O–H groups in total. The lowest BCUT2D eigenvalue weighted by Gasteiger charge is -2.17. The Labute approximate surface area is 187 Å². The summed E-state index contributed by atoms with van der Waals surface area (Å²) in [6, 6.07) is 13.2. The summed E-state index contributed by atoms with van der Waals surface area (Å²) in [6.07, 6.45) is 4.66. The maximum absolute atomic E-state index is 12.7. The Kier molecular flexibility index (Phi) is 6.63. The summed E-state index contributed by atoms with van der Waals surface area (Å²) in [6.45, 7) is 3.32.